The molecule has 0 atom stereocenters. The molecule has 0 unspecified atom stereocenters. The van der Waals surface area contributed by atoms with Gasteiger partial charge in [0.15, 0.2) is 5.78 Å². The number of amidine groups is 2. The fourth-order valence-electron chi connectivity index (χ4n) is 4.34. The van der Waals surface area contributed by atoms with Crippen LogP contribution in [0.25, 0.3) is 0 Å². The van der Waals surface area contributed by atoms with Gasteiger partial charge in [-0.05, 0) is 84.9 Å². The highest BCUT2D eigenvalue weighted by Crippen LogP contribution is 2.35. The molecular weight excluding hydrogens is 541 g/mol. The number of hydrogen-bond donors (Lipinski definition) is 2. The van der Waals surface area contributed by atoms with Gasteiger partial charge >= 0.3 is 0 Å². The van der Waals surface area contributed by atoms with Crippen LogP contribution in [-0.2, 0) is 4.74 Å². The zero-order valence-electron chi connectivity index (χ0n) is 26.0. The Morgan fingerprint density at radius 1 is 1.12 bits per heavy atom. The van der Waals surface area contributed by atoms with Crippen molar-refractivity contribution in [1.29, 1.82) is 5.41 Å². The Morgan fingerprint density at radius 2 is 1.84 bits per heavy atom. The zero-order chi connectivity index (χ0) is 31.8. The van der Waals surface area contributed by atoms with Crippen molar-refractivity contribution < 1.29 is 18.7 Å². The van der Waals surface area contributed by atoms with E-state index in [1.165, 1.54) is 12.2 Å². The normalized spacial score (nSPS) is 18.0. The lowest BCUT2D eigenvalue weighted by Gasteiger charge is -2.22. The molecule has 0 spiro atoms. The molecule has 0 radical (unpaired) electrons. The molecule has 0 bridgehead atoms. The summed E-state index contributed by atoms with van der Waals surface area (Å²) in [6, 6.07) is 6.86. The molecule has 0 aliphatic carbocycles. The Labute approximate surface area is 256 Å². The molecule has 1 heterocycles. The van der Waals surface area contributed by atoms with Gasteiger partial charge in [0.2, 0.25) is 0 Å². The van der Waals surface area contributed by atoms with Crippen LogP contribution in [0.3, 0.4) is 0 Å². The summed E-state index contributed by atoms with van der Waals surface area (Å²) in [5.41, 5.74) is 10.1. The topological polar surface area (TPSA) is 97.8 Å². The number of ketones is 1. The van der Waals surface area contributed by atoms with E-state index < -0.39 is 6.67 Å². The number of carbonyl (C=O) groups is 1. The van der Waals surface area contributed by atoms with Crippen LogP contribution >= 0.6 is 0 Å². The SMILES string of the molecule is C=C(/C=C\C(=C)/C1=C\C(N)=NC(=N)/C=C/C(=CCF)\C1=C(/CC(C)C)Oc1ccc(C(=O)COCC)cc1)CCCCC. The number of nitrogens with two attached hydrogens (primary N) is 1. The fraction of sp³-hybridized carbons (Fsp3) is 0.361. The number of aliphatic imine (C=N–C) groups is 1. The summed E-state index contributed by atoms with van der Waals surface area (Å²) in [5, 5.41) is 8.19. The smallest absolute Gasteiger partial charge is 0.188 e. The van der Waals surface area contributed by atoms with Gasteiger partial charge < -0.3 is 15.2 Å². The molecule has 7 heteroatoms. The summed E-state index contributed by atoms with van der Waals surface area (Å²) in [6.07, 6.45) is 14.7. The lowest BCUT2D eigenvalue weighted by molar-refractivity contribution is 0.0783. The number of nitrogens with one attached hydrogen (secondary N) is 1. The van der Waals surface area contributed by atoms with E-state index in [2.05, 4.69) is 38.9 Å². The molecule has 0 saturated carbocycles. The monoisotopic (exact) mass is 587 g/mol. The summed E-state index contributed by atoms with van der Waals surface area (Å²) >= 11 is 0. The van der Waals surface area contributed by atoms with E-state index in [0.29, 0.717) is 52.4 Å². The molecule has 0 aromatic heterocycles. The highest BCUT2D eigenvalue weighted by molar-refractivity contribution is 6.06. The van der Waals surface area contributed by atoms with Crippen LogP contribution < -0.4 is 10.5 Å². The third-order valence-electron chi connectivity index (χ3n) is 6.51. The Balaban J connectivity index is 2.70. The van der Waals surface area contributed by atoms with E-state index in [0.717, 1.165) is 31.3 Å². The minimum Gasteiger partial charge on any atom is -0.461 e. The van der Waals surface area contributed by atoms with Gasteiger partial charge in [0.05, 0.1) is 0 Å². The quantitative estimate of drug-likeness (QED) is 0.0876. The molecule has 1 aliphatic heterocycles. The van der Waals surface area contributed by atoms with Gasteiger partial charge in [0.1, 0.15) is 36.5 Å². The van der Waals surface area contributed by atoms with Crippen LogP contribution in [0.4, 0.5) is 4.39 Å². The van der Waals surface area contributed by atoms with Crippen LogP contribution in [0, 0.1) is 11.3 Å². The molecule has 43 heavy (non-hydrogen) atoms. The molecule has 2 rings (SSSR count). The van der Waals surface area contributed by atoms with Gasteiger partial charge in [0.25, 0.3) is 0 Å². The van der Waals surface area contributed by atoms with Crippen LogP contribution in [0.15, 0.2) is 112 Å². The summed E-state index contributed by atoms with van der Waals surface area (Å²) in [6.45, 7) is 16.4. The molecule has 230 valence electrons. The second-order valence-corrected chi connectivity index (χ2v) is 10.7. The van der Waals surface area contributed by atoms with E-state index >= 15 is 0 Å². The van der Waals surface area contributed by atoms with Gasteiger partial charge in [-0.1, -0.05) is 70.6 Å². The predicted octanol–water partition coefficient (Wildman–Crippen LogP) is 8.56. The molecule has 3 N–H and O–H groups in total. The third kappa shape index (κ3) is 12.0. The summed E-state index contributed by atoms with van der Waals surface area (Å²) in [4.78, 5) is 16.6. The highest BCUT2D eigenvalue weighted by Gasteiger charge is 2.22. The van der Waals surface area contributed by atoms with Crippen molar-refractivity contribution in [2.24, 2.45) is 16.6 Å². The first-order valence-electron chi connectivity index (χ1n) is 14.9. The number of benzene rings is 1. The number of halogens is 1. The van der Waals surface area contributed by atoms with Gasteiger partial charge in [0, 0.05) is 24.2 Å². The molecule has 6 nitrogen and oxygen atoms in total. The number of ether oxygens (including phenoxy) is 2. The van der Waals surface area contributed by atoms with E-state index in [-0.39, 0.29) is 30.0 Å². The van der Waals surface area contributed by atoms with E-state index in [1.807, 2.05) is 19.1 Å². The average molecular weight is 588 g/mol. The third-order valence-corrected chi connectivity index (χ3v) is 6.51. The van der Waals surface area contributed by atoms with Gasteiger partial charge in [-0.2, -0.15) is 0 Å². The summed E-state index contributed by atoms with van der Waals surface area (Å²) in [7, 11) is 0. The first-order valence-corrected chi connectivity index (χ1v) is 14.9. The van der Waals surface area contributed by atoms with Crippen molar-refractivity contribution in [2.75, 3.05) is 19.9 Å². The first-order chi connectivity index (χ1) is 20.6. The lowest BCUT2D eigenvalue weighted by Crippen LogP contribution is -2.13. The number of allylic oxidation sites excluding steroid dienone is 10. The van der Waals surface area contributed by atoms with Crippen LogP contribution in [0.5, 0.6) is 5.75 Å². The van der Waals surface area contributed by atoms with Crippen molar-refractivity contribution in [2.45, 2.75) is 59.8 Å². The Bertz CT molecular complexity index is 1340. The molecule has 1 aromatic rings. The first kappa shape index (κ1) is 35.1. The van der Waals surface area contributed by atoms with Crippen molar-refractivity contribution in [3.05, 3.63) is 113 Å². The Hall–Kier alpha value is -4.10. The van der Waals surface area contributed by atoms with Crippen LogP contribution in [0.1, 0.15) is 70.2 Å². The molecule has 1 aromatic carbocycles. The largest absolute Gasteiger partial charge is 0.461 e. The maximum Gasteiger partial charge on any atom is 0.188 e. The van der Waals surface area contributed by atoms with Crippen molar-refractivity contribution >= 4 is 17.5 Å². The molecular formula is C36H46FN3O3. The van der Waals surface area contributed by atoms with Crippen LogP contribution in [0.2, 0.25) is 0 Å². The van der Waals surface area contributed by atoms with Crippen molar-refractivity contribution in [3.63, 3.8) is 0 Å². The number of rotatable bonds is 16. The Morgan fingerprint density at radius 3 is 2.47 bits per heavy atom. The molecule has 1 aliphatic rings. The van der Waals surface area contributed by atoms with Crippen molar-refractivity contribution in [1.82, 2.24) is 0 Å². The van der Waals surface area contributed by atoms with E-state index in [4.69, 9.17) is 20.6 Å². The summed E-state index contributed by atoms with van der Waals surface area (Å²) < 4.78 is 25.7. The average Bonchev–Trinajstić information content (AvgIpc) is 3.02. The number of alkyl halides is 1. The second kappa shape index (κ2) is 18.4. The number of unbranched alkanes of at least 4 members (excludes halogenated alkanes) is 2. The van der Waals surface area contributed by atoms with Crippen LogP contribution in [-0.4, -0.2) is 37.3 Å². The van der Waals surface area contributed by atoms with Gasteiger partial charge in [-0.25, -0.2) is 9.38 Å². The fourth-order valence-corrected chi connectivity index (χ4v) is 4.34. The minimum atomic E-state index is -0.734. The molecule has 0 saturated heterocycles. The maximum absolute atomic E-state index is 14.0. The summed E-state index contributed by atoms with van der Waals surface area (Å²) in [5.74, 6) is 1.18. The number of nitrogens with zero attached hydrogens (tertiary/aromatic N) is 1. The molecule has 0 amide bonds. The second-order valence-electron chi connectivity index (χ2n) is 10.7. The standard InChI is InChI=1S/C36H46FN3O3/c1-7-9-10-11-26(5)12-13-27(6)31-23-35(39)40-34(38)19-16-29(20-21-37)36(31)33(22-25(3)4)43-30-17-14-28(15-18-30)32(41)24-42-8-2/h12-20,23,25H,5-11,21-22,24H2,1-4H3,(H3,38,39,40)/b13-12-,19-16+,29-20?,31-23+,36-33-. The minimum absolute atomic E-state index is 0.00979. The van der Waals surface area contributed by atoms with Gasteiger partial charge in [-0.3, -0.25) is 10.2 Å². The zero-order valence-corrected chi connectivity index (χ0v) is 26.0. The van der Waals surface area contributed by atoms with Crippen molar-refractivity contribution in [3.8, 4) is 5.75 Å². The lowest BCUT2D eigenvalue weighted by atomic mass is 9.88. The predicted molar refractivity (Wildman–Crippen MR) is 177 cm³/mol. The number of carbonyl (C=O) groups excluding carboxylic acids is 1. The van der Waals surface area contributed by atoms with Gasteiger partial charge in [-0.15, -0.1) is 0 Å². The Kier molecular flexibility index (Phi) is 15.1. The maximum atomic E-state index is 14.0. The number of hydrogen-bond acceptors (Lipinski definition) is 5. The highest BCUT2D eigenvalue weighted by atomic mass is 19.1. The van der Waals surface area contributed by atoms with E-state index in [9.17, 15) is 9.18 Å². The number of Topliss-reactive ketones (excluding diaryl/α,β-unsaturated/α-hetero) is 1. The molecule has 0 fully saturated rings. The van der Waals surface area contributed by atoms with E-state index in [1.54, 1.807) is 36.4 Å².